The van der Waals surface area contributed by atoms with Crippen LogP contribution in [0.1, 0.15) is 0 Å². The van der Waals surface area contributed by atoms with Crippen LogP contribution in [0, 0.1) is 10.1 Å². The minimum absolute atomic E-state index is 0.0173. The lowest BCUT2D eigenvalue weighted by Gasteiger charge is -2.11. The third-order valence-corrected chi connectivity index (χ3v) is 4.09. The minimum atomic E-state index is -0.539. The number of nitrogens with zero attached hydrogens (tertiary/aromatic N) is 2. The molecule has 2 rings (SSSR count). The van der Waals surface area contributed by atoms with Crippen LogP contribution >= 0.6 is 11.8 Å². The van der Waals surface area contributed by atoms with Crippen LogP contribution in [0.4, 0.5) is 0 Å². The molecule has 0 radical (unpaired) electrons. The first-order chi connectivity index (χ1) is 9.52. The lowest BCUT2D eigenvalue weighted by atomic mass is 10.0. The molecule has 0 aromatic rings. The van der Waals surface area contributed by atoms with E-state index in [0.29, 0.717) is 0 Å². The number of ketones is 1. The highest BCUT2D eigenvalue weighted by atomic mass is 32.2. The van der Waals surface area contributed by atoms with Crippen LogP contribution in [0.3, 0.4) is 0 Å². The summed E-state index contributed by atoms with van der Waals surface area (Å²) in [6, 6.07) is 0. The molecule has 6 nitrogen and oxygen atoms in total. The number of Topliss-reactive ketones (excluding diaryl/α,β-unsaturated/α-hetero) is 1. The van der Waals surface area contributed by atoms with Crippen LogP contribution in [0.15, 0.2) is 46.4 Å². The standard InChI is InChI=1S/C13H14N2O4S/c1-14-5-6-20-12(14)4-3-9-7-10(15(17)18)8-11(19-2)13(9)16/h3-4,7-8H,5-6H2,1-2H3/b9-3-,12-4+. The van der Waals surface area contributed by atoms with Gasteiger partial charge in [-0.3, -0.25) is 14.9 Å². The molecule has 106 valence electrons. The zero-order valence-electron chi connectivity index (χ0n) is 11.2. The summed E-state index contributed by atoms with van der Waals surface area (Å²) in [5.74, 6) is 0.635. The molecule has 0 unspecified atom stereocenters. The molecule has 0 bridgehead atoms. The Labute approximate surface area is 120 Å². The predicted octanol–water partition coefficient (Wildman–Crippen LogP) is 1.71. The molecule has 1 fully saturated rings. The summed E-state index contributed by atoms with van der Waals surface area (Å²) in [5, 5.41) is 11.9. The molecular weight excluding hydrogens is 280 g/mol. The number of rotatable bonds is 3. The fraction of sp³-hybridized carbons (Fsp3) is 0.308. The summed E-state index contributed by atoms with van der Waals surface area (Å²) < 4.78 is 4.90. The van der Waals surface area contributed by atoms with Gasteiger partial charge in [0.15, 0.2) is 5.76 Å². The van der Waals surface area contributed by atoms with Crippen LogP contribution in [0.2, 0.25) is 0 Å². The molecule has 0 aromatic carbocycles. The monoisotopic (exact) mass is 294 g/mol. The van der Waals surface area contributed by atoms with Crippen molar-refractivity contribution in [1.29, 1.82) is 0 Å². The van der Waals surface area contributed by atoms with Crippen molar-refractivity contribution >= 4 is 17.5 Å². The smallest absolute Gasteiger partial charge is 0.274 e. The number of thioether (sulfide) groups is 1. The minimum Gasteiger partial charge on any atom is -0.492 e. The number of allylic oxidation sites excluding steroid dienone is 5. The SMILES string of the molecule is COC1=CC([N+](=O)[O-])=C/C(=C/C=C2/SCCN2C)C1=O. The second-order valence-electron chi connectivity index (χ2n) is 4.27. The molecule has 1 saturated heterocycles. The van der Waals surface area contributed by atoms with Gasteiger partial charge in [0.25, 0.3) is 5.70 Å². The summed E-state index contributed by atoms with van der Waals surface area (Å²) in [5.41, 5.74) is 0.1000. The Balaban J connectivity index is 2.33. The van der Waals surface area contributed by atoms with Gasteiger partial charge in [-0.2, -0.15) is 0 Å². The van der Waals surface area contributed by atoms with Gasteiger partial charge < -0.3 is 9.64 Å². The van der Waals surface area contributed by atoms with Crippen molar-refractivity contribution in [2.75, 3.05) is 26.5 Å². The highest BCUT2D eigenvalue weighted by Gasteiger charge is 2.25. The van der Waals surface area contributed by atoms with Crippen LogP contribution in [-0.2, 0) is 9.53 Å². The molecule has 1 aliphatic carbocycles. The molecule has 7 heteroatoms. The second kappa shape index (κ2) is 5.96. The summed E-state index contributed by atoms with van der Waals surface area (Å²) in [7, 11) is 3.29. The molecule has 0 atom stereocenters. The molecule has 1 aliphatic heterocycles. The summed E-state index contributed by atoms with van der Waals surface area (Å²) in [6.07, 6.45) is 5.81. The van der Waals surface area contributed by atoms with Crippen molar-refractivity contribution in [3.63, 3.8) is 0 Å². The maximum atomic E-state index is 12.0. The van der Waals surface area contributed by atoms with Crippen molar-refractivity contribution in [2.45, 2.75) is 0 Å². The van der Waals surface area contributed by atoms with E-state index in [0.717, 1.165) is 23.4 Å². The van der Waals surface area contributed by atoms with Crippen molar-refractivity contribution in [3.8, 4) is 0 Å². The highest BCUT2D eigenvalue weighted by Crippen LogP contribution is 2.27. The Kier molecular flexibility index (Phi) is 4.29. The number of ether oxygens (including phenoxy) is 1. The zero-order chi connectivity index (χ0) is 14.7. The molecule has 0 amide bonds. The van der Waals surface area contributed by atoms with Crippen LogP contribution < -0.4 is 0 Å². The maximum Gasteiger partial charge on any atom is 0.274 e. The van der Waals surface area contributed by atoms with Crippen LogP contribution in [0.5, 0.6) is 0 Å². The van der Waals surface area contributed by atoms with Gasteiger partial charge in [0.2, 0.25) is 5.78 Å². The normalized spacial score (nSPS) is 23.1. The van der Waals surface area contributed by atoms with E-state index < -0.39 is 4.92 Å². The topological polar surface area (TPSA) is 72.7 Å². The van der Waals surface area contributed by atoms with Gasteiger partial charge >= 0.3 is 0 Å². The average Bonchev–Trinajstić information content (AvgIpc) is 2.83. The van der Waals surface area contributed by atoms with E-state index in [2.05, 4.69) is 4.90 Å². The first kappa shape index (κ1) is 14.4. The second-order valence-corrected chi connectivity index (χ2v) is 5.38. The third-order valence-electron chi connectivity index (χ3n) is 2.96. The van der Waals surface area contributed by atoms with Crippen molar-refractivity contribution in [3.05, 3.63) is 56.5 Å². The van der Waals surface area contributed by atoms with Crippen LogP contribution in [-0.4, -0.2) is 42.1 Å². The number of hydrogen-bond acceptors (Lipinski definition) is 6. The largest absolute Gasteiger partial charge is 0.492 e. The van der Waals surface area contributed by atoms with E-state index >= 15 is 0 Å². The number of carbonyl (C=O) groups is 1. The molecule has 0 spiro atoms. The molecule has 2 aliphatic rings. The lowest BCUT2D eigenvalue weighted by molar-refractivity contribution is -0.419. The number of carbonyl (C=O) groups excluding carboxylic acids is 1. The molecular formula is C13H14N2O4S. The lowest BCUT2D eigenvalue weighted by Crippen LogP contribution is -2.14. The van der Waals surface area contributed by atoms with Gasteiger partial charge in [0, 0.05) is 31.0 Å². The van der Waals surface area contributed by atoms with Gasteiger partial charge in [-0.05, 0) is 12.2 Å². The predicted molar refractivity (Wildman–Crippen MR) is 76.4 cm³/mol. The summed E-state index contributed by atoms with van der Waals surface area (Å²) >= 11 is 1.68. The maximum absolute atomic E-state index is 12.0. The zero-order valence-corrected chi connectivity index (χ0v) is 12.0. The highest BCUT2D eigenvalue weighted by molar-refractivity contribution is 8.03. The first-order valence-electron chi connectivity index (χ1n) is 5.95. The summed E-state index contributed by atoms with van der Waals surface area (Å²) in [6.45, 7) is 0.951. The van der Waals surface area contributed by atoms with Gasteiger partial charge in [-0.15, -0.1) is 11.8 Å². The van der Waals surface area contributed by atoms with E-state index in [1.807, 2.05) is 7.05 Å². The van der Waals surface area contributed by atoms with E-state index in [4.69, 9.17) is 4.74 Å². The molecule has 1 heterocycles. The van der Waals surface area contributed by atoms with Gasteiger partial charge in [0.1, 0.15) is 0 Å². The van der Waals surface area contributed by atoms with E-state index in [-0.39, 0.29) is 22.8 Å². The van der Waals surface area contributed by atoms with Crippen molar-refractivity contribution in [1.82, 2.24) is 4.90 Å². The third kappa shape index (κ3) is 2.93. The number of nitro groups is 1. The van der Waals surface area contributed by atoms with Crippen molar-refractivity contribution in [2.24, 2.45) is 0 Å². The Bertz CT molecular complexity index is 575. The van der Waals surface area contributed by atoms with E-state index in [9.17, 15) is 14.9 Å². The van der Waals surface area contributed by atoms with E-state index in [1.165, 1.54) is 13.2 Å². The fourth-order valence-corrected chi connectivity index (χ4v) is 2.88. The Morgan fingerprint density at radius 1 is 1.45 bits per heavy atom. The quantitative estimate of drug-likeness (QED) is 0.448. The molecule has 0 saturated carbocycles. The van der Waals surface area contributed by atoms with Gasteiger partial charge in [-0.1, -0.05) is 0 Å². The Hall–Kier alpha value is -2.02. The number of methoxy groups -OCH3 is 1. The van der Waals surface area contributed by atoms with E-state index in [1.54, 1.807) is 23.9 Å². The van der Waals surface area contributed by atoms with Crippen LogP contribution in [0.25, 0.3) is 0 Å². The average molecular weight is 294 g/mol. The number of hydrogen-bond donors (Lipinski definition) is 0. The van der Waals surface area contributed by atoms with Crippen molar-refractivity contribution < 1.29 is 14.5 Å². The molecule has 0 N–H and O–H groups in total. The summed E-state index contributed by atoms with van der Waals surface area (Å²) in [4.78, 5) is 24.4. The molecule has 20 heavy (non-hydrogen) atoms. The van der Waals surface area contributed by atoms with Gasteiger partial charge in [-0.25, -0.2) is 0 Å². The Morgan fingerprint density at radius 3 is 2.75 bits per heavy atom. The van der Waals surface area contributed by atoms with Gasteiger partial charge in [0.05, 0.1) is 23.1 Å². The fourth-order valence-electron chi connectivity index (χ4n) is 1.83. The first-order valence-corrected chi connectivity index (χ1v) is 6.94. The Morgan fingerprint density at radius 2 is 2.20 bits per heavy atom. The molecule has 0 aromatic heterocycles.